The second-order valence-electron chi connectivity index (χ2n) is 4.78. The van der Waals surface area contributed by atoms with E-state index < -0.39 is 0 Å². The van der Waals surface area contributed by atoms with E-state index in [-0.39, 0.29) is 10.3 Å². The maximum Gasteiger partial charge on any atom is 0.282 e. The van der Waals surface area contributed by atoms with Gasteiger partial charge in [-0.15, -0.1) is 0 Å². The van der Waals surface area contributed by atoms with E-state index in [9.17, 15) is 4.79 Å². The third kappa shape index (κ3) is 3.55. The van der Waals surface area contributed by atoms with E-state index in [2.05, 4.69) is 26.0 Å². The number of nitrogens with zero attached hydrogens (tertiary/aromatic N) is 2. The van der Waals surface area contributed by atoms with Crippen molar-refractivity contribution in [2.75, 3.05) is 0 Å². The molecule has 0 aliphatic carbocycles. The minimum Gasteiger partial charge on any atom is -0.330 e. The molecule has 2 aromatic carbocycles. The van der Waals surface area contributed by atoms with Crippen LogP contribution >= 0.6 is 28.1 Å². The lowest BCUT2D eigenvalue weighted by Gasteiger charge is -2.02. The molecule has 0 atom stereocenters. The van der Waals surface area contributed by atoms with Gasteiger partial charge in [-0.1, -0.05) is 42.5 Å². The molecule has 0 bridgehead atoms. The second-order valence-corrected chi connectivity index (χ2v) is 6.08. The maximum atomic E-state index is 12.4. The monoisotopic (exact) mass is 385 g/mol. The molecular formula is C17H12BrN3OS. The molecule has 3 rings (SSSR count). The fourth-order valence-electron chi connectivity index (χ4n) is 2.12. The zero-order valence-corrected chi connectivity index (χ0v) is 14.3. The Balaban J connectivity index is 2.00. The Kier molecular flexibility index (Phi) is 4.64. The van der Waals surface area contributed by atoms with Gasteiger partial charge in [-0.2, -0.15) is 9.78 Å². The standard InChI is InChI=1S/C17H12BrN3OS/c18-13(10-12-6-2-1-3-7-12)11-19-21-16(22)14-8-4-5-9-15(14)20-17(21)23/h1-11H,(H,20,23)/b13-10-,19-11+. The van der Waals surface area contributed by atoms with E-state index in [1.165, 1.54) is 4.68 Å². The van der Waals surface area contributed by atoms with Crippen molar-refractivity contribution in [3.8, 4) is 0 Å². The SMILES string of the molecule is O=c1c2ccccc2[nH]c(=S)n1/N=C/C(Br)=C/c1ccccc1. The van der Waals surface area contributed by atoms with Crippen molar-refractivity contribution in [2.45, 2.75) is 0 Å². The van der Waals surface area contributed by atoms with Gasteiger partial charge in [-0.3, -0.25) is 4.79 Å². The van der Waals surface area contributed by atoms with Crippen LogP contribution in [0, 0.1) is 4.77 Å². The number of aromatic amines is 1. The molecule has 1 aromatic heterocycles. The third-order valence-electron chi connectivity index (χ3n) is 3.18. The maximum absolute atomic E-state index is 12.4. The smallest absolute Gasteiger partial charge is 0.282 e. The summed E-state index contributed by atoms with van der Waals surface area (Å²) in [7, 11) is 0. The van der Waals surface area contributed by atoms with E-state index in [0.717, 1.165) is 10.0 Å². The molecule has 0 saturated carbocycles. The van der Waals surface area contributed by atoms with Crippen molar-refractivity contribution in [2.24, 2.45) is 5.10 Å². The minimum atomic E-state index is -0.249. The minimum absolute atomic E-state index is 0.249. The molecule has 0 spiro atoms. The Morgan fingerprint density at radius 2 is 1.83 bits per heavy atom. The van der Waals surface area contributed by atoms with Crippen LogP contribution in [0.2, 0.25) is 0 Å². The number of hydrogen-bond donors (Lipinski definition) is 1. The molecule has 0 radical (unpaired) electrons. The van der Waals surface area contributed by atoms with Gasteiger partial charge in [0.05, 0.1) is 17.1 Å². The largest absolute Gasteiger partial charge is 0.330 e. The quantitative estimate of drug-likeness (QED) is 0.538. The number of para-hydroxylation sites is 1. The fourth-order valence-corrected chi connectivity index (χ4v) is 2.71. The van der Waals surface area contributed by atoms with Crippen LogP contribution in [0.5, 0.6) is 0 Å². The predicted octanol–water partition coefficient (Wildman–Crippen LogP) is 4.33. The molecule has 0 aliphatic rings. The highest BCUT2D eigenvalue weighted by Gasteiger charge is 2.03. The molecule has 6 heteroatoms. The highest BCUT2D eigenvalue weighted by Crippen LogP contribution is 2.10. The Morgan fingerprint density at radius 3 is 2.61 bits per heavy atom. The van der Waals surface area contributed by atoms with Crippen LogP contribution in [0.3, 0.4) is 0 Å². The number of allylic oxidation sites excluding steroid dienone is 1. The van der Waals surface area contributed by atoms with Crippen molar-refractivity contribution in [1.82, 2.24) is 9.66 Å². The van der Waals surface area contributed by atoms with Gasteiger partial charge in [0.1, 0.15) is 0 Å². The first-order valence-electron chi connectivity index (χ1n) is 6.86. The van der Waals surface area contributed by atoms with Crippen molar-refractivity contribution >= 4 is 51.3 Å². The van der Waals surface area contributed by atoms with Gasteiger partial charge < -0.3 is 4.98 Å². The lowest BCUT2D eigenvalue weighted by Crippen LogP contribution is -2.18. The summed E-state index contributed by atoms with van der Waals surface area (Å²) in [5.74, 6) is 0. The van der Waals surface area contributed by atoms with Gasteiger partial charge >= 0.3 is 0 Å². The summed E-state index contributed by atoms with van der Waals surface area (Å²) < 4.78 is 2.17. The second kappa shape index (κ2) is 6.85. The molecule has 0 fully saturated rings. The average molecular weight is 386 g/mol. The van der Waals surface area contributed by atoms with E-state index in [4.69, 9.17) is 12.2 Å². The Bertz CT molecular complexity index is 1020. The molecule has 4 nitrogen and oxygen atoms in total. The fraction of sp³-hybridized carbons (Fsp3) is 0. The highest BCUT2D eigenvalue weighted by molar-refractivity contribution is 9.12. The van der Waals surface area contributed by atoms with Crippen LogP contribution in [-0.2, 0) is 0 Å². The number of benzene rings is 2. The number of nitrogens with one attached hydrogen (secondary N) is 1. The summed E-state index contributed by atoms with van der Waals surface area (Å²) in [4.78, 5) is 15.4. The number of hydrogen-bond acceptors (Lipinski definition) is 3. The number of halogens is 1. The van der Waals surface area contributed by atoms with Crippen LogP contribution < -0.4 is 5.56 Å². The van der Waals surface area contributed by atoms with E-state index >= 15 is 0 Å². The summed E-state index contributed by atoms with van der Waals surface area (Å²) in [5, 5.41) is 4.72. The summed E-state index contributed by atoms with van der Waals surface area (Å²) in [6.45, 7) is 0. The van der Waals surface area contributed by atoms with Crippen molar-refractivity contribution < 1.29 is 0 Å². The van der Waals surface area contributed by atoms with Gasteiger partial charge in [-0.05, 0) is 51.9 Å². The lowest BCUT2D eigenvalue weighted by molar-refractivity contribution is 0.800. The number of aromatic nitrogens is 2. The zero-order chi connectivity index (χ0) is 16.2. The first-order chi connectivity index (χ1) is 11.1. The van der Waals surface area contributed by atoms with Crippen LogP contribution in [0.15, 0.2) is 69.0 Å². The Labute approximate surface area is 145 Å². The van der Waals surface area contributed by atoms with Crippen molar-refractivity contribution in [1.29, 1.82) is 0 Å². The highest BCUT2D eigenvalue weighted by atomic mass is 79.9. The Morgan fingerprint density at radius 1 is 1.13 bits per heavy atom. The molecule has 3 aromatic rings. The van der Waals surface area contributed by atoms with Gasteiger partial charge in [0.15, 0.2) is 0 Å². The van der Waals surface area contributed by atoms with Crippen molar-refractivity contribution in [3.63, 3.8) is 0 Å². The van der Waals surface area contributed by atoms with Crippen LogP contribution in [-0.4, -0.2) is 15.9 Å². The first kappa shape index (κ1) is 15.6. The summed E-state index contributed by atoms with van der Waals surface area (Å²) in [6.07, 6.45) is 3.45. The van der Waals surface area contributed by atoms with Gasteiger partial charge in [0.2, 0.25) is 4.77 Å². The van der Waals surface area contributed by atoms with Crippen LogP contribution in [0.4, 0.5) is 0 Å². The topological polar surface area (TPSA) is 50.1 Å². The van der Waals surface area contributed by atoms with Gasteiger partial charge in [-0.25, -0.2) is 0 Å². The number of fused-ring (bicyclic) bond motifs is 1. The zero-order valence-electron chi connectivity index (χ0n) is 11.9. The number of rotatable bonds is 3. The molecule has 0 unspecified atom stereocenters. The van der Waals surface area contributed by atoms with E-state index in [1.54, 1.807) is 18.3 Å². The van der Waals surface area contributed by atoms with Crippen LogP contribution in [0.1, 0.15) is 5.56 Å². The molecule has 114 valence electrons. The molecule has 0 saturated heterocycles. The normalized spacial score (nSPS) is 12.1. The van der Waals surface area contributed by atoms with Crippen molar-refractivity contribution in [3.05, 3.63) is 79.8 Å². The summed E-state index contributed by atoms with van der Waals surface area (Å²) >= 11 is 8.63. The molecule has 1 N–H and O–H groups in total. The summed E-state index contributed by atoms with van der Waals surface area (Å²) in [6, 6.07) is 17.0. The Hall–Kier alpha value is -2.31. The lowest BCUT2D eigenvalue weighted by atomic mass is 10.2. The first-order valence-corrected chi connectivity index (χ1v) is 8.06. The van der Waals surface area contributed by atoms with Crippen LogP contribution in [0.25, 0.3) is 17.0 Å². The van der Waals surface area contributed by atoms with E-state index in [1.807, 2.05) is 48.5 Å². The molecule has 0 aliphatic heterocycles. The van der Waals surface area contributed by atoms with E-state index in [0.29, 0.717) is 10.9 Å². The molecular weight excluding hydrogens is 374 g/mol. The molecule has 1 heterocycles. The predicted molar refractivity (Wildman–Crippen MR) is 101 cm³/mol. The third-order valence-corrected chi connectivity index (χ3v) is 3.89. The molecule has 0 amide bonds. The number of H-pyrrole nitrogens is 1. The average Bonchev–Trinajstić information content (AvgIpc) is 2.55. The van der Waals surface area contributed by atoms with Gasteiger partial charge in [0.25, 0.3) is 5.56 Å². The summed E-state index contributed by atoms with van der Waals surface area (Å²) in [5.41, 5.74) is 1.48. The molecule has 23 heavy (non-hydrogen) atoms. The van der Waals surface area contributed by atoms with Gasteiger partial charge in [0, 0.05) is 4.48 Å².